The van der Waals surface area contributed by atoms with Gasteiger partial charge in [0.1, 0.15) is 11.7 Å². The fourth-order valence-electron chi connectivity index (χ4n) is 3.62. The van der Waals surface area contributed by atoms with Crippen LogP contribution in [-0.4, -0.2) is 51.0 Å². The van der Waals surface area contributed by atoms with Crippen LogP contribution in [0.3, 0.4) is 0 Å². The standard InChI is InChI=1S/C22H22FN3O4/c1-29-22(28)19-14-20(24-26(21(19)27)18-4-2-3-16(23)13-18)15-5-7-17(8-6-15)25-9-11-30-12-10-25/h2-8,13,19H,9-12,14H2,1H3. The molecule has 0 radical (unpaired) electrons. The molecule has 4 rings (SSSR count). The van der Waals surface area contributed by atoms with Crippen LogP contribution in [0.5, 0.6) is 0 Å². The van der Waals surface area contributed by atoms with Crippen molar-refractivity contribution in [3.05, 3.63) is 59.9 Å². The summed E-state index contributed by atoms with van der Waals surface area (Å²) >= 11 is 0. The van der Waals surface area contributed by atoms with Crippen LogP contribution in [-0.2, 0) is 19.1 Å². The molecule has 0 spiro atoms. The van der Waals surface area contributed by atoms with Gasteiger partial charge in [-0.05, 0) is 35.9 Å². The summed E-state index contributed by atoms with van der Waals surface area (Å²) in [6.45, 7) is 3.04. The number of carbonyl (C=O) groups is 2. The Balaban J connectivity index is 1.67. The molecule has 2 aliphatic rings. The van der Waals surface area contributed by atoms with Gasteiger partial charge in [-0.25, -0.2) is 4.39 Å². The lowest BCUT2D eigenvalue weighted by atomic mass is 9.94. The SMILES string of the molecule is COC(=O)C1CC(c2ccc(N3CCOCC3)cc2)=NN(c2cccc(F)c2)C1=O. The van der Waals surface area contributed by atoms with Crippen molar-refractivity contribution >= 4 is 29.0 Å². The van der Waals surface area contributed by atoms with E-state index in [0.717, 1.165) is 29.3 Å². The molecule has 1 amide bonds. The highest BCUT2D eigenvalue weighted by molar-refractivity contribution is 6.15. The molecule has 0 saturated carbocycles. The fourth-order valence-corrected chi connectivity index (χ4v) is 3.62. The normalized spacial score (nSPS) is 19.5. The Labute approximate surface area is 173 Å². The number of ether oxygens (including phenoxy) is 2. The number of esters is 1. The highest BCUT2D eigenvalue weighted by atomic mass is 19.1. The molecule has 2 aromatic rings. The lowest BCUT2D eigenvalue weighted by Gasteiger charge is -2.30. The van der Waals surface area contributed by atoms with E-state index in [9.17, 15) is 14.0 Å². The summed E-state index contributed by atoms with van der Waals surface area (Å²) in [5.74, 6) is -2.71. The van der Waals surface area contributed by atoms with Gasteiger partial charge in [-0.3, -0.25) is 9.59 Å². The summed E-state index contributed by atoms with van der Waals surface area (Å²) in [5.41, 5.74) is 2.68. The molecule has 30 heavy (non-hydrogen) atoms. The largest absolute Gasteiger partial charge is 0.468 e. The zero-order chi connectivity index (χ0) is 21.1. The van der Waals surface area contributed by atoms with Crippen molar-refractivity contribution in [2.24, 2.45) is 11.0 Å². The molecule has 8 heteroatoms. The van der Waals surface area contributed by atoms with Gasteiger partial charge in [0.25, 0.3) is 5.91 Å². The summed E-state index contributed by atoms with van der Waals surface area (Å²) < 4.78 is 23.9. The van der Waals surface area contributed by atoms with Crippen molar-refractivity contribution in [3.8, 4) is 0 Å². The highest BCUT2D eigenvalue weighted by Crippen LogP contribution is 2.28. The average Bonchev–Trinajstić information content (AvgIpc) is 2.79. The van der Waals surface area contributed by atoms with Crippen LogP contribution < -0.4 is 9.91 Å². The summed E-state index contributed by atoms with van der Waals surface area (Å²) in [6, 6.07) is 13.4. The average molecular weight is 411 g/mol. The van der Waals surface area contributed by atoms with Gasteiger partial charge in [-0.15, -0.1) is 0 Å². The second-order valence-electron chi connectivity index (χ2n) is 7.10. The predicted molar refractivity (Wildman–Crippen MR) is 110 cm³/mol. The number of hydrogen-bond acceptors (Lipinski definition) is 6. The number of anilines is 2. The fraction of sp³-hybridized carbons (Fsp3) is 0.318. The second kappa shape index (κ2) is 8.62. The van der Waals surface area contributed by atoms with E-state index in [2.05, 4.69) is 10.0 Å². The molecule has 7 nitrogen and oxygen atoms in total. The molecule has 156 valence electrons. The third kappa shape index (κ3) is 4.04. The van der Waals surface area contributed by atoms with E-state index < -0.39 is 23.6 Å². The Hall–Kier alpha value is -3.26. The molecule has 0 N–H and O–H groups in total. The Morgan fingerprint density at radius 2 is 1.87 bits per heavy atom. The first-order valence-corrected chi connectivity index (χ1v) is 9.75. The van der Waals surface area contributed by atoms with Crippen LogP contribution in [0.1, 0.15) is 12.0 Å². The number of morpholine rings is 1. The Bertz CT molecular complexity index is 971. The van der Waals surface area contributed by atoms with Gasteiger partial charge in [-0.1, -0.05) is 18.2 Å². The molecule has 1 fully saturated rings. The smallest absolute Gasteiger partial charge is 0.318 e. The summed E-state index contributed by atoms with van der Waals surface area (Å²) in [4.78, 5) is 27.3. The van der Waals surface area contributed by atoms with E-state index in [1.54, 1.807) is 6.07 Å². The molecule has 0 aliphatic carbocycles. The molecular weight excluding hydrogens is 389 g/mol. The van der Waals surface area contributed by atoms with Crippen LogP contribution >= 0.6 is 0 Å². The first kappa shape index (κ1) is 20.0. The third-order valence-electron chi connectivity index (χ3n) is 5.24. The molecule has 1 saturated heterocycles. The van der Waals surface area contributed by atoms with Crippen molar-refractivity contribution in [1.29, 1.82) is 0 Å². The topological polar surface area (TPSA) is 71.4 Å². The minimum atomic E-state index is -1.04. The molecule has 1 unspecified atom stereocenters. The number of hydrazone groups is 1. The van der Waals surface area contributed by atoms with Gasteiger partial charge in [0.2, 0.25) is 0 Å². The van der Waals surface area contributed by atoms with Crippen molar-refractivity contribution in [2.75, 3.05) is 43.3 Å². The van der Waals surface area contributed by atoms with Gasteiger partial charge in [0.05, 0.1) is 31.7 Å². The van der Waals surface area contributed by atoms with Gasteiger partial charge in [0.15, 0.2) is 0 Å². The maximum atomic E-state index is 13.7. The van der Waals surface area contributed by atoms with Crippen LogP contribution in [0.2, 0.25) is 0 Å². The Kier molecular flexibility index (Phi) is 5.76. The van der Waals surface area contributed by atoms with Crippen LogP contribution in [0.25, 0.3) is 0 Å². The molecule has 2 aromatic carbocycles. The van der Waals surface area contributed by atoms with Gasteiger partial charge >= 0.3 is 5.97 Å². The number of rotatable bonds is 4. The van der Waals surface area contributed by atoms with E-state index in [4.69, 9.17) is 9.47 Å². The Morgan fingerprint density at radius 3 is 2.53 bits per heavy atom. The molecule has 2 aliphatic heterocycles. The molecule has 0 aromatic heterocycles. The van der Waals surface area contributed by atoms with Gasteiger partial charge < -0.3 is 14.4 Å². The third-order valence-corrected chi connectivity index (χ3v) is 5.24. The predicted octanol–water partition coefficient (Wildman–Crippen LogP) is 2.59. The number of amides is 1. The second-order valence-corrected chi connectivity index (χ2v) is 7.10. The summed E-state index contributed by atoms with van der Waals surface area (Å²) in [5, 5.41) is 5.53. The van der Waals surface area contributed by atoms with Crippen molar-refractivity contribution in [2.45, 2.75) is 6.42 Å². The zero-order valence-corrected chi connectivity index (χ0v) is 16.6. The summed E-state index contributed by atoms with van der Waals surface area (Å²) in [6.07, 6.45) is 0.119. The maximum absolute atomic E-state index is 13.7. The van der Waals surface area contributed by atoms with E-state index >= 15 is 0 Å². The Morgan fingerprint density at radius 1 is 1.13 bits per heavy atom. The lowest BCUT2D eigenvalue weighted by molar-refractivity contribution is -0.149. The number of nitrogens with zero attached hydrogens (tertiary/aromatic N) is 3. The van der Waals surface area contributed by atoms with Crippen LogP contribution in [0.4, 0.5) is 15.8 Å². The molecule has 0 bridgehead atoms. The first-order valence-electron chi connectivity index (χ1n) is 9.75. The number of benzene rings is 2. The molecular formula is C22H22FN3O4. The zero-order valence-electron chi connectivity index (χ0n) is 16.6. The lowest BCUT2D eigenvalue weighted by Crippen LogP contribution is -2.43. The minimum absolute atomic E-state index is 0.119. The van der Waals surface area contributed by atoms with E-state index in [0.29, 0.717) is 18.9 Å². The van der Waals surface area contributed by atoms with Crippen LogP contribution in [0.15, 0.2) is 53.6 Å². The maximum Gasteiger partial charge on any atom is 0.318 e. The molecule has 2 heterocycles. The van der Waals surface area contributed by atoms with E-state index in [1.165, 1.54) is 25.3 Å². The number of halogens is 1. The van der Waals surface area contributed by atoms with Gasteiger partial charge in [0, 0.05) is 25.2 Å². The minimum Gasteiger partial charge on any atom is -0.468 e. The monoisotopic (exact) mass is 411 g/mol. The van der Waals surface area contributed by atoms with Crippen molar-refractivity contribution in [3.63, 3.8) is 0 Å². The van der Waals surface area contributed by atoms with Gasteiger partial charge in [-0.2, -0.15) is 10.1 Å². The highest BCUT2D eigenvalue weighted by Gasteiger charge is 2.38. The van der Waals surface area contributed by atoms with E-state index in [-0.39, 0.29) is 12.1 Å². The van der Waals surface area contributed by atoms with Crippen LogP contribution in [0, 0.1) is 11.7 Å². The van der Waals surface area contributed by atoms with Crippen molar-refractivity contribution in [1.82, 2.24) is 0 Å². The van der Waals surface area contributed by atoms with Crippen molar-refractivity contribution < 1.29 is 23.5 Å². The quantitative estimate of drug-likeness (QED) is 0.571. The number of methoxy groups -OCH3 is 1. The van der Waals surface area contributed by atoms with E-state index in [1.807, 2.05) is 24.3 Å². The molecule has 1 atom stereocenters. The summed E-state index contributed by atoms with van der Waals surface area (Å²) in [7, 11) is 1.24. The number of carbonyl (C=O) groups excluding carboxylic acids is 2. The first-order chi connectivity index (χ1) is 14.6. The number of hydrogen-bond donors (Lipinski definition) is 0.